The number of hydrogen-bond acceptors (Lipinski definition) is 2. The predicted octanol–water partition coefficient (Wildman–Crippen LogP) is 7.53. The van der Waals surface area contributed by atoms with Crippen molar-refractivity contribution in [3.63, 3.8) is 0 Å². The molecule has 2 nitrogen and oxygen atoms in total. The molecule has 0 saturated carbocycles. The van der Waals surface area contributed by atoms with Gasteiger partial charge in [0.2, 0.25) is 0 Å². The first-order valence-corrected chi connectivity index (χ1v) is 13.0. The lowest BCUT2D eigenvalue weighted by Gasteiger charge is -2.31. The highest BCUT2D eigenvalue weighted by Crippen LogP contribution is 2.47. The van der Waals surface area contributed by atoms with Crippen molar-refractivity contribution in [2.75, 3.05) is 5.32 Å². The van der Waals surface area contributed by atoms with Crippen LogP contribution in [0.4, 0.5) is 5.69 Å². The number of aromatic hydroxyl groups is 1. The molecule has 2 unspecified atom stereocenters. The van der Waals surface area contributed by atoms with Gasteiger partial charge in [-0.3, -0.25) is 0 Å². The van der Waals surface area contributed by atoms with Gasteiger partial charge in [-0.1, -0.05) is 107 Å². The van der Waals surface area contributed by atoms with Crippen molar-refractivity contribution in [1.82, 2.24) is 0 Å². The highest BCUT2D eigenvalue weighted by atomic mass is 31.1. The zero-order chi connectivity index (χ0) is 24.0. The van der Waals surface area contributed by atoms with Gasteiger partial charge in [-0.15, -0.1) is 0 Å². The quantitative estimate of drug-likeness (QED) is 0.249. The molecule has 0 fully saturated rings. The van der Waals surface area contributed by atoms with E-state index in [1.54, 1.807) is 0 Å². The number of benzene rings is 4. The minimum atomic E-state index is -0.145. The van der Waals surface area contributed by atoms with E-state index in [2.05, 4.69) is 98.9 Å². The first-order chi connectivity index (χ1) is 16.5. The third-order valence-electron chi connectivity index (χ3n) is 6.54. The molecule has 2 atom stereocenters. The summed E-state index contributed by atoms with van der Waals surface area (Å²) in [5, 5.41) is 15.7. The summed E-state index contributed by atoms with van der Waals surface area (Å²) >= 11 is 0. The lowest BCUT2D eigenvalue weighted by molar-refractivity contribution is 0.456. The molecular formula is C31H34NOP. The maximum Gasteiger partial charge on any atom is 0.119 e. The van der Waals surface area contributed by atoms with Crippen LogP contribution in [0.5, 0.6) is 5.75 Å². The van der Waals surface area contributed by atoms with Crippen LogP contribution >= 0.6 is 8.58 Å². The van der Waals surface area contributed by atoms with Gasteiger partial charge in [0.05, 0.1) is 0 Å². The molecule has 2 N–H and O–H groups in total. The molecule has 0 amide bonds. The van der Waals surface area contributed by atoms with Crippen LogP contribution in [0.1, 0.15) is 48.1 Å². The standard InChI is InChI=1S/C31H34NOP/c1-4-31(3,28-21-25(16-17-29(28)33)20-24-11-7-5-8-12-24)34-30-18-15-23(2)19-26(30)22-32-27-13-9-6-10-14-27/h5-19,21,32-34H,4,20,22H2,1-3H3. The van der Waals surface area contributed by atoms with E-state index in [1.165, 1.54) is 27.6 Å². The molecule has 174 valence electrons. The highest BCUT2D eigenvalue weighted by molar-refractivity contribution is 7.48. The Kier molecular flexibility index (Phi) is 7.70. The van der Waals surface area contributed by atoms with Gasteiger partial charge < -0.3 is 10.4 Å². The fourth-order valence-electron chi connectivity index (χ4n) is 4.35. The molecule has 0 bridgehead atoms. The van der Waals surface area contributed by atoms with Crippen molar-refractivity contribution >= 4 is 19.6 Å². The highest BCUT2D eigenvalue weighted by Gasteiger charge is 2.29. The molecule has 0 aromatic heterocycles. The largest absolute Gasteiger partial charge is 0.508 e. The zero-order valence-corrected chi connectivity index (χ0v) is 21.3. The summed E-state index contributed by atoms with van der Waals surface area (Å²) in [6, 6.07) is 33.8. The number of phenols is 1. The molecule has 4 aromatic rings. The number of hydrogen-bond donors (Lipinski definition) is 2. The van der Waals surface area contributed by atoms with Crippen LogP contribution in [0.2, 0.25) is 0 Å². The van der Waals surface area contributed by atoms with Gasteiger partial charge in [-0.2, -0.15) is 0 Å². The third kappa shape index (κ3) is 5.88. The van der Waals surface area contributed by atoms with Crippen molar-refractivity contribution in [1.29, 1.82) is 0 Å². The number of nitrogens with one attached hydrogen (secondary N) is 1. The Balaban J connectivity index is 1.61. The Labute approximate surface area is 205 Å². The van der Waals surface area contributed by atoms with Crippen LogP contribution in [-0.2, 0) is 18.1 Å². The summed E-state index contributed by atoms with van der Waals surface area (Å²) in [4.78, 5) is 0. The third-order valence-corrected chi connectivity index (χ3v) is 8.47. The van der Waals surface area contributed by atoms with Gasteiger partial charge in [0, 0.05) is 23.0 Å². The van der Waals surface area contributed by atoms with Gasteiger partial charge in [0.25, 0.3) is 0 Å². The van der Waals surface area contributed by atoms with E-state index in [1.807, 2.05) is 24.3 Å². The van der Waals surface area contributed by atoms with E-state index < -0.39 is 0 Å². The first-order valence-electron chi connectivity index (χ1n) is 12.0. The zero-order valence-electron chi connectivity index (χ0n) is 20.3. The maximum atomic E-state index is 10.9. The summed E-state index contributed by atoms with van der Waals surface area (Å²) in [6.07, 6.45) is 1.82. The minimum Gasteiger partial charge on any atom is -0.508 e. The molecule has 0 spiro atoms. The topological polar surface area (TPSA) is 32.3 Å². The molecule has 0 radical (unpaired) electrons. The van der Waals surface area contributed by atoms with E-state index >= 15 is 0 Å². The van der Waals surface area contributed by atoms with Gasteiger partial charge in [0.1, 0.15) is 5.75 Å². The number of anilines is 1. The molecule has 34 heavy (non-hydrogen) atoms. The Morgan fingerprint density at radius 1 is 0.824 bits per heavy atom. The monoisotopic (exact) mass is 467 g/mol. The van der Waals surface area contributed by atoms with Crippen LogP contribution in [0.3, 0.4) is 0 Å². The molecular weight excluding hydrogens is 433 g/mol. The summed E-state index contributed by atoms with van der Waals surface area (Å²) in [6.45, 7) is 7.46. The maximum absolute atomic E-state index is 10.9. The number of aryl methyl sites for hydroxylation is 1. The fourth-order valence-corrected chi connectivity index (χ4v) is 5.95. The molecule has 0 aliphatic heterocycles. The second-order valence-electron chi connectivity index (χ2n) is 9.20. The molecule has 4 aromatic carbocycles. The summed E-state index contributed by atoms with van der Waals surface area (Å²) in [5.74, 6) is 0.393. The number of rotatable bonds is 9. The van der Waals surface area contributed by atoms with Crippen molar-refractivity contribution < 1.29 is 5.11 Å². The summed E-state index contributed by atoms with van der Waals surface area (Å²) < 4.78 is 0. The lowest BCUT2D eigenvalue weighted by atomic mass is 9.93. The van der Waals surface area contributed by atoms with Gasteiger partial charge >= 0.3 is 0 Å². The molecule has 4 rings (SSSR count). The van der Waals surface area contributed by atoms with Crippen LogP contribution in [0.25, 0.3) is 0 Å². The Bertz CT molecular complexity index is 1220. The van der Waals surface area contributed by atoms with Crippen LogP contribution in [0, 0.1) is 6.92 Å². The van der Waals surface area contributed by atoms with E-state index in [4.69, 9.17) is 0 Å². The van der Waals surface area contributed by atoms with Crippen molar-refractivity contribution in [2.24, 2.45) is 0 Å². The first kappa shape index (κ1) is 24.0. The lowest BCUT2D eigenvalue weighted by Crippen LogP contribution is -2.21. The summed E-state index contributed by atoms with van der Waals surface area (Å²) in [7, 11) is 0.549. The second-order valence-corrected chi connectivity index (χ2v) is 11.1. The Morgan fingerprint density at radius 3 is 2.24 bits per heavy atom. The Hall–Kier alpha value is -3.09. The normalized spacial score (nSPS) is 13.1. The van der Waals surface area contributed by atoms with Crippen molar-refractivity contribution in [2.45, 2.75) is 45.3 Å². The fraction of sp³-hybridized carbons (Fsp3) is 0.226. The van der Waals surface area contributed by atoms with Crippen molar-refractivity contribution in [3.05, 3.63) is 125 Å². The van der Waals surface area contributed by atoms with Crippen LogP contribution < -0.4 is 10.6 Å². The number of para-hydroxylation sites is 1. The minimum absolute atomic E-state index is 0.145. The van der Waals surface area contributed by atoms with E-state index in [-0.39, 0.29) is 5.16 Å². The SMILES string of the molecule is CCC(C)(Pc1ccc(C)cc1CNc1ccccc1)c1cc(Cc2ccccc2)ccc1O. The molecule has 0 heterocycles. The van der Waals surface area contributed by atoms with Crippen LogP contribution in [0.15, 0.2) is 97.1 Å². The van der Waals surface area contributed by atoms with Crippen molar-refractivity contribution in [3.8, 4) is 5.75 Å². The van der Waals surface area contributed by atoms with Gasteiger partial charge in [-0.25, -0.2) is 0 Å². The van der Waals surface area contributed by atoms with E-state index in [0.29, 0.717) is 14.3 Å². The summed E-state index contributed by atoms with van der Waals surface area (Å²) in [5.41, 5.74) is 7.28. The molecule has 0 aliphatic carbocycles. The Morgan fingerprint density at radius 2 is 1.53 bits per heavy atom. The predicted molar refractivity (Wildman–Crippen MR) is 148 cm³/mol. The average molecular weight is 468 g/mol. The van der Waals surface area contributed by atoms with Gasteiger partial charge in [0.15, 0.2) is 0 Å². The number of phenolic OH excluding ortho intramolecular Hbond substituents is 1. The second kappa shape index (κ2) is 10.9. The average Bonchev–Trinajstić information content (AvgIpc) is 2.86. The van der Waals surface area contributed by atoms with Gasteiger partial charge in [-0.05, 0) is 60.0 Å². The molecule has 0 aliphatic rings. The molecule has 0 saturated heterocycles. The van der Waals surface area contributed by atoms with Crippen LogP contribution in [-0.4, -0.2) is 5.11 Å². The van der Waals surface area contributed by atoms with E-state index in [9.17, 15) is 5.11 Å². The smallest absolute Gasteiger partial charge is 0.119 e. The molecule has 3 heteroatoms. The van der Waals surface area contributed by atoms with E-state index in [0.717, 1.165) is 30.6 Å².